The van der Waals surface area contributed by atoms with Gasteiger partial charge in [-0.3, -0.25) is 4.68 Å². The molecule has 0 unspecified atom stereocenters. The lowest BCUT2D eigenvalue weighted by Gasteiger charge is -2.08. The molecule has 4 heteroatoms. The lowest BCUT2D eigenvalue weighted by molar-refractivity contribution is 0.266. The molecule has 2 aromatic rings. The standard InChI is InChI=1S/C11H14N2O2/c1-7(2)13-11(6-14)9-4-3-8(15)5-10(9)12-13/h3-5,7,14-15H,6H2,1-2H3. The fraction of sp³-hybridized carbons (Fsp3) is 0.364. The Hall–Kier alpha value is -1.55. The van der Waals surface area contributed by atoms with Crippen molar-refractivity contribution in [3.8, 4) is 5.75 Å². The van der Waals surface area contributed by atoms with Crippen molar-refractivity contribution in [3.63, 3.8) is 0 Å². The first kappa shape index (κ1) is 9.98. The van der Waals surface area contributed by atoms with Gasteiger partial charge < -0.3 is 10.2 Å². The molecule has 0 aliphatic carbocycles. The molecule has 4 nitrogen and oxygen atoms in total. The second-order valence-corrected chi connectivity index (χ2v) is 3.84. The zero-order chi connectivity index (χ0) is 11.0. The number of fused-ring (bicyclic) bond motifs is 1. The number of hydrogen-bond acceptors (Lipinski definition) is 3. The summed E-state index contributed by atoms with van der Waals surface area (Å²) in [5.74, 6) is 0.195. The molecule has 0 aliphatic rings. The summed E-state index contributed by atoms with van der Waals surface area (Å²) in [6.07, 6.45) is 0. The van der Waals surface area contributed by atoms with E-state index in [-0.39, 0.29) is 18.4 Å². The summed E-state index contributed by atoms with van der Waals surface area (Å²) < 4.78 is 1.78. The van der Waals surface area contributed by atoms with Crippen molar-refractivity contribution in [1.29, 1.82) is 0 Å². The molecule has 0 spiro atoms. The van der Waals surface area contributed by atoms with Crippen LogP contribution in [0.4, 0.5) is 0 Å². The van der Waals surface area contributed by atoms with Gasteiger partial charge in [0.05, 0.1) is 17.8 Å². The van der Waals surface area contributed by atoms with Gasteiger partial charge in [-0.1, -0.05) is 0 Å². The molecule has 1 heterocycles. The molecule has 1 aromatic carbocycles. The number of aromatic hydroxyl groups is 1. The third-order valence-corrected chi connectivity index (χ3v) is 2.42. The van der Waals surface area contributed by atoms with E-state index in [0.29, 0.717) is 5.52 Å². The molecule has 0 saturated carbocycles. The first-order valence-corrected chi connectivity index (χ1v) is 4.94. The summed E-state index contributed by atoms with van der Waals surface area (Å²) in [6.45, 7) is 3.97. The summed E-state index contributed by atoms with van der Waals surface area (Å²) in [4.78, 5) is 0. The predicted molar refractivity (Wildman–Crippen MR) is 57.7 cm³/mol. The maximum Gasteiger partial charge on any atom is 0.117 e. The van der Waals surface area contributed by atoms with E-state index in [4.69, 9.17) is 0 Å². The van der Waals surface area contributed by atoms with Crippen molar-refractivity contribution in [3.05, 3.63) is 23.9 Å². The molecule has 2 N–H and O–H groups in total. The summed E-state index contributed by atoms with van der Waals surface area (Å²) in [5.41, 5.74) is 1.51. The number of aliphatic hydroxyl groups excluding tert-OH is 1. The highest BCUT2D eigenvalue weighted by molar-refractivity contribution is 5.82. The molecule has 15 heavy (non-hydrogen) atoms. The van der Waals surface area contributed by atoms with Crippen molar-refractivity contribution >= 4 is 10.9 Å². The summed E-state index contributed by atoms with van der Waals surface area (Å²) in [6, 6.07) is 5.19. The van der Waals surface area contributed by atoms with Crippen molar-refractivity contribution in [2.75, 3.05) is 0 Å². The highest BCUT2D eigenvalue weighted by Gasteiger charge is 2.12. The third kappa shape index (κ3) is 1.57. The van der Waals surface area contributed by atoms with Gasteiger partial charge in [0, 0.05) is 17.5 Å². The first-order valence-electron chi connectivity index (χ1n) is 4.94. The zero-order valence-electron chi connectivity index (χ0n) is 8.81. The minimum absolute atomic E-state index is 0.0422. The van der Waals surface area contributed by atoms with E-state index in [1.54, 1.807) is 22.9 Å². The van der Waals surface area contributed by atoms with Crippen LogP contribution < -0.4 is 0 Å². The molecule has 0 atom stereocenters. The second kappa shape index (κ2) is 3.55. The van der Waals surface area contributed by atoms with Gasteiger partial charge in [0.2, 0.25) is 0 Å². The van der Waals surface area contributed by atoms with Crippen LogP contribution in [0.15, 0.2) is 18.2 Å². The van der Waals surface area contributed by atoms with Gasteiger partial charge in [-0.05, 0) is 26.0 Å². The minimum atomic E-state index is -0.0422. The molecule has 2 rings (SSSR count). The number of rotatable bonds is 2. The molecule has 80 valence electrons. The number of nitrogens with zero attached hydrogens (tertiary/aromatic N) is 2. The number of benzene rings is 1. The van der Waals surface area contributed by atoms with Crippen molar-refractivity contribution in [2.24, 2.45) is 0 Å². The van der Waals surface area contributed by atoms with Crippen LogP contribution in [0.2, 0.25) is 0 Å². The van der Waals surface area contributed by atoms with Crippen LogP contribution in [0.3, 0.4) is 0 Å². The van der Waals surface area contributed by atoms with E-state index in [9.17, 15) is 10.2 Å². The maximum atomic E-state index is 9.33. The van der Waals surface area contributed by atoms with E-state index in [2.05, 4.69) is 5.10 Å². The molecule has 0 amide bonds. The molecule has 1 aromatic heterocycles. The number of aliphatic hydroxyl groups is 1. The first-order chi connectivity index (χ1) is 7.13. The molecule has 0 radical (unpaired) electrons. The fourth-order valence-corrected chi connectivity index (χ4v) is 1.73. The Bertz CT molecular complexity index is 489. The molecule has 0 aliphatic heterocycles. The summed E-state index contributed by atoms with van der Waals surface area (Å²) in [5, 5.41) is 23.9. The number of phenolic OH excluding ortho intramolecular Hbond substituents is 1. The van der Waals surface area contributed by atoms with Crippen LogP contribution in [-0.2, 0) is 6.61 Å². The number of phenols is 1. The topological polar surface area (TPSA) is 58.3 Å². The lowest BCUT2D eigenvalue weighted by atomic mass is 10.2. The third-order valence-electron chi connectivity index (χ3n) is 2.42. The van der Waals surface area contributed by atoms with Gasteiger partial charge in [0.15, 0.2) is 0 Å². The van der Waals surface area contributed by atoms with Crippen molar-refractivity contribution < 1.29 is 10.2 Å². The fourth-order valence-electron chi connectivity index (χ4n) is 1.73. The van der Waals surface area contributed by atoms with E-state index in [1.165, 1.54) is 0 Å². The Morgan fingerprint density at radius 3 is 2.73 bits per heavy atom. The number of aromatic nitrogens is 2. The maximum absolute atomic E-state index is 9.33. The Balaban J connectivity index is 2.73. The highest BCUT2D eigenvalue weighted by Crippen LogP contribution is 2.24. The monoisotopic (exact) mass is 206 g/mol. The van der Waals surface area contributed by atoms with Crippen LogP contribution >= 0.6 is 0 Å². The van der Waals surface area contributed by atoms with Gasteiger partial charge in [-0.25, -0.2) is 0 Å². The molecular formula is C11H14N2O2. The summed E-state index contributed by atoms with van der Waals surface area (Å²) >= 11 is 0. The molecule has 0 saturated heterocycles. The highest BCUT2D eigenvalue weighted by atomic mass is 16.3. The van der Waals surface area contributed by atoms with Crippen LogP contribution in [0.1, 0.15) is 25.6 Å². The van der Waals surface area contributed by atoms with Gasteiger partial charge in [-0.2, -0.15) is 5.10 Å². The molecule has 0 fully saturated rings. The van der Waals surface area contributed by atoms with Gasteiger partial charge >= 0.3 is 0 Å². The van der Waals surface area contributed by atoms with Crippen LogP contribution in [0, 0.1) is 0 Å². The minimum Gasteiger partial charge on any atom is -0.508 e. The average Bonchev–Trinajstić information content (AvgIpc) is 2.55. The normalized spacial score (nSPS) is 11.5. The van der Waals surface area contributed by atoms with E-state index in [1.807, 2.05) is 13.8 Å². The quantitative estimate of drug-likeness (QED) is 0.787. The SMILES string of the molecule is CC(C)n1nc2cc(O)ccc2c1CO. The van der Waals surface area contributed by atoms with Crippen LogP contribution in [-0.4, -0.2) is 20.0 Å². The largest absolute Gasteiger partial charge is 0.508 e. The molecular weight excluding hydrogens is 192 g/mol. The predicted octanol–water partition coefficient (Wildman–Crippen LogP) is 1.82. The Morgan fingerprint density at radius 2 is 2.13 bits per heavy atom. The average molecular weight is 206 g/mol. The zero-order valence-corrected chi connectivity index (χ0v) is 8.81. The Labute approximate surface area is 87.8 Å². The Kier molecular flexibility index (Phi) is 2.36. The van der Waals surface area contributed by atoms with Crippen molar-refractivity contribution in [1.82, 2.24) is 9.78 Å². The van der Waals surface area contributed by atoms with Crippen LogP contribution in [0.25, 0.3) is 10.9 Å². The smallest absolute Gasteiger partial charge is 0.117 e. The van der Waals surface area contributed by atoms with Crippen molar-refractivity contribution in [2.45, 2.75) is 26.5 Å². The van der Waals surface area contributed by atoms with Gasteiger partial charge in [0.25, 0.3) is 0 Å². The van der Waals surface area contributed by atoms with Crippen LogP contribution in [0.5, 0.6) is 5.75 Å². The molecule has 0 bridgehead atoms. The number of hydrogen-bond donors (Lipinski definition) is 2. The lowest BCUT2D eigenvalue weighted by Crippen LogP contribution is -2.07. The van der Waals surface area contributed by atoms with E-state index in [0.717, 1.165) is 11.1 Å². The van der Waals surface area contributed by atoms with E-state index >= 15 is 0 Å². The summed E-state index contributed by atoms with van der Waals surface area (Å²) in [7, 11) is 0. The second-order valence-electron chi connectivity index (χ2n) is 3.84. The van der Waals surface area contributed by atoms with Gasteiger partial charge in [0.1, 0.15) is 5.75 Å². The Morgan fingerprint density at radius 1 is 1.40 bits per heavy atom. The van der Waals surface area contributed by atoms with E-state index < -0.39 is 0 Å². The van der Waals surface area contributed by atoms with Gasteiger partial charge in [-0.15, -0.1) is 0 Å².